The molecule has 2 aliphatic rings. The fourth-order valence-electron chi connectivity index (χ4n) is 3.76. The first-order valence-electron chi connectivity index (χ1n) is 8.43. The van der Waals surface area contributed by atoms with Gasteiger partial charge in [0, 0.05) is 37.3 Å². The Morgan fingerprint density at radius 2 is 2.13 bits per heavy atom. The lowest BCUT2D eigenvalue weighted by Crippen LogP contribution is -2.51. The Kier molecular flexibility index (Phi) is 4.60. The molecule has 0 unspecified atom stereocenters. The van der Waals surface area contributed by atoms with Crippen LogP contribution in [-0.2, 0) is 11.3 Å². The van der Waals surface area contributed by atoms with E-state index in [9.17, 15) is 0 Å². The van der Waals surface area contributed by atoms with Crippen molar-refractivity contribution in [3.63, 3.8) is 0 Å². The number of thiophene rings is 1. The summed E-state index contributed by atoms with van der Waals surface area (Å²) in [5.74, 6) is 0. The molecule has 2 aliphatic heterocycles. The van der Waals surface area contributed by atoms with Gasteiger partial charge in [-0.05, 0) is 36.4 Å². The minimum absolute atomic E-state index is 0.345. The molecule has 122 valence electrons. The molecule has 0 bridgehead atoms. The zero-order chi connectivity index (χ0) is 15.5. The van der Waals surface area contributed by atoms with Crippen molar-refractivity contribution in [3.05, 3.63) is 46.9 Å². The zero-order valence-corrected chi connectivity index (χ0v) is 14.1. The average molecular weight is 329 g/mol. The molecule has 5 heteroatoms. The van der Waals surface area contributed by atoms with Crippen molar-refractivity contribution in [2.75, 3.05) is 31.1 Å². The predicted molar refractivity (Wildman–Crippen MR) is 93.9 cm³/mol. The van der Waals surface area contributed by atoms with E-state index in [1.54, 1.807) is 0 Å². The number of aromatic nitrogens is 1. The van der Waals surface area contributed by atoms with Crippen LogP contribution in [0.15, 0.2) is 42.0 Å². The molecule has 2 aromatic heterocycles. The summed E-state index contributed by atoms with van der Waals surface area (Å²) >= 11 is 1.85. The third kappa shape index (κ3) is 3.42. The predicted octanol–water partition coefficient (Wildman–Crippen LogP) is 3.01. The number of nitrogens with zero attached hydrogens (tertiary/aromatic N) is 3. The fraction of sp³-hybridized carbons (Fsp3) is 0.500. The van der Waals surface area contributed by atoms with Crippen molar-refractivity contribution in [2.45, 2.75) is 31.5 Å². The first kappa shape index (κ1) is 15.1. The van der Waals surface area contributed by atoms with Crippen LogP contribution in [-0.4, -0.2) is 48.3 Å². The molecule has 2 atom stereocenters. The quantitative estimate of drug-likeness (QED) is 0.865. The van der Waals surface area contributed by atoms with Crippen LogP contribution in [0, 0.1) is 0 Å². The number of anilines is 1. The topological polar surface area (TPSA) is 28.6 Å². The van der Waals surface area contributed by atoms with Crippen LogP contribution in [0.4, 0.5) is 5.69 Å². The molecular formula is C18H23N3OS. The maximum Gasteiger partial charge on any atom is 0.0791 e. The molecule has 4 rings (SSSR count). The second-order valence-corrected chi connectivity index (χ2v) is 7.35. The van der Waals surface area contributed by atoms with Crippen LogP contribution in [0.5, 0.6) is 0 Å². The van der Waals surface area contributed by atoms with Gasteiger partial charge in [-0.25, -0.2) is 0 Å². The van der Waals surface area contributed by atoms with Gasteiger partial charge in [-0.2, -0.15) is 0 Å². The van der Waals surface area contributed by atoms with Crippen molar-refractivity contribution < 1.29 is 4.74 Å². The summed E-state index contributed by atoms with van der Waals surface area (Å²) in [7, 11) is 0. The molecule has 0 radical (unpaired) electrons. The number of hydrogen-bond acceptors (Lipinski definition) is 5. The monoisotopic (exact) mass is 329 g/mol. The van der Waals surface area contributed by atoms with Crippen molar-refractivity contribution >= 4 is 17.0 Å². The van der Waals surface area contributed by atoms with E-state index >= 15 is 0 Å². The van der Waals surface area contributed by atoms with Crippen LogP contribution in [0.3, 0.4) is 0 Å². The van der Waals surface area contributed by atoms with Crippen LogP contribution >= 0.6 is 11.3 Å². The Hall–Kier alpha value is -1.43. The minimum atomic E-state index is 0.345. The summed E-state index contributed by atoms with van der Waals surface area (Å²) in [6.45, 7) is 5.13. The summed E-state index contributed by atoms with van der Waals surface area (Å²) in [5, 5.41) is 2.17. The number of rotatable bonds is 3. The van der Waals surface area contributed by atoms with Gasteiger partial charge in [0.2, 0.25) is 0 Å². The van der Waals surface area contributed by atoms with E-state index in [1.165, 1.54) is 10.6 Å². The second-order valence-electron chi connectivity index (χ2n) is 6.31. The van der Waals surface area contributed by atoms with Gasteiger partial charge < -0.3 is 9.64 Å². The highest BCUT2D eigenvalue weighted by Crippen LogP contribution is 2.28. The third-order valence-electron chi connectivity index (χ3n) is 4.90. The highest BCUT2D eigenvalue weighted by molar-refractivity contribution is 7.09. The molecule has 0 aliphatic carbocycles. The van der Waals surface area contributed by atoms with Gasteiger partial charge in [-0.3, -0.25) is 9.88 Å². The van der Waals surface area contributed by atoms with E-state index in [0.29, 0.717) is 12.1 Å². The van der Waals surface area contributed by atoms with E-state index in [1.807, 2.05) is 29.8 Å². The van der Waals surface area contributed by atoms with Gasteiger partial charge >= 0.3 is 0 Å². The standard InChI is InChI=1S/C18H23N3OS/c1-3-15(13-19-7-1)21-10-11-22-18-6-9-20(8-5-17(18)21)14-16-4-2-12-23-16/h1-4,7,12-13,17-18H,5-6,8-11,14H2/t17-,18-/m1/s1. The molecule has 2 fully saturated rings. The molecule has 4 nitrogen and oxygen atoms in total. The highest BCUT2D eigenvalue weighted by atomic mass is 32.1. The first-order valence-corrected chi connectivity index (χ1v) is 9.31. The summed E-state index contributed by atoms with van der Waals surface area (Å²) < 4.78 is 6.11. The van der Waals surface area contributed by atoms with Crippen LogP contribution in [0.2, 0.25) is 0 Å². The molecule has 0 N–H and O–H groups in total. The van der Waals surface area contributed by atoms with E-state index in [2.05, 4.69) is 38.4 Å². The van der Waals surface area contributed by atoms with Gasteiger partial charge in [0.05, 0.1) is 30.6 Å². The van der Waals surface area contributed by atoms with Crippen molar-refractivity contribution in [1.82, 2.24) is 9.88 Å². The maximum absolute atomic E-state index is 6.11. The molecular weight excluding hydrogens is 306 g/mol. The highest BCUT2D eigenvalue weighted by Gasteiger charge is 2.34. The SMILES string of the molecule is c1cncc(N2CCO[C@@H]3CCN(Cc4cccs4)CC[C@H]32)c1. The Balaban J connectivity index is 1.47. The van der Waals surface area contributed by atoms with Gasteiger partial charge in [0.15, 0.2) is 0 Å². The lowest BCUT2D eigenvalue weighted by atomic mass is 10.0. The molecule has 2 saturated heterocycles. The molecule has 0 spiro atoms. The van der Waals surface area contributed by atoms with E-state index in [4.69, 9.17) is 4.74 Å². The smallest absolute Gasteiger partial charge is 0.0791 e. The van der Waals surface area contributed by atoms with Crippen molar-refractivity contribution in [2.24, 2.45) is 0 Å². The van der Waals surface area contributed by atoms with E-state index in [-0.39, 0.29) is 0 Å². The Labute approximate surface area is 141 Å². The Bertz CT molecular complexity index is 604. The molecule has 0 aromatic carbocycles. The third-order valence-corrected chi connectivity index (χ3v) is 5.76. The number of ether oxygens (including phenoxy) is 1. The number of likely N-dealkylation sites (tertiary alicyclic amines) is 1. The van der Waals surface area contributed by atoms with Crippen molar-refractivity contribution in [3.8, 4) is 0 Å². The number of pyridine rings is 1. The first-order chi connectivity index (χ1) is 11.4. The zero-order valence-electron chi connectivity index (χ0n) is 13.3. The number of hydrogen-bond donors (Lipinski definition) is 0. The van der Waals surface area contributed by atoms with Gasteiger partial charge in [0.25, 0.3) is 0 Å². The van der Waals surface area contributed by atoms with E-state index < -0.39 is 0 Å². The maximum atomic E-state index is 6.11. The van der Waals surface area contributed by atoms with Gasteiger partial charge in [-0.1, -0.05) is 6.07 Å². The molecule has 0 amide bonds. The van der Waals surface area contributed by atoms with Gasteiger partial charge in [-0.15, -0.1) is 11.3 Å². The molecule has 2 aromatic rings. The fourth-order valence-corrected chi connectivity index (χ4v) is 4.51. The Morgan fingerprint density at radius 3 is 2.96 bits per heavy atom. The average Bonchev–Trinajstić information content (AvgIpc) is 3.02. The molecule has 23 heavy (non-hydrogen) atoms. The minimum Gasteiger partial charge on any atom is -0.374 e. The lowest BCUT2D eigenvalue weighted by Gasteiger charge is -2.41. The Morgan fingerprint density at radius 1 is 1.17 bits per heavy atom. The summed E-state index contributed by atoms with van der Waals surface area (Å²) in [6.07, 6.45) is 6.45. The van der Waals surface area contributed by atoms with Crippen LogP contribution < -0.4 is 4.90 Å². The summed E-state index contributed by atoms with van der Waals surface area (Å²) in [5.41, 5.74) is 1.23. The normalized spacial score (nSPS) is 25.8. The molecule has 4 heterocycles. The van der Waals surface area contributed by atoms with Crippen LogP contribution in [0.25, 0.3) is 0 Å². The molecule has 0 saturated carbocycles. The number of fused-ring (bicyclic) bond motifs is 1. The summed E-state index contributed by atoms with van der Waals surface area (Å²) in [4.78, 5) is 10.8. The van der Waals surface area contributed by atoms with E-state index in [0.717, 1.165) is 45.6 Å². The number of morpholine rings is 1. The van der Waals surface area contributed by atoms with Crippen LogP contribution in [0.1, 0.15) is 17.7 Å². The lowest BCUT2D eigenvalue weighted by molar-refractivity contribution is 0.00894. The summed E-state index contributed by atoms with van der Waals surface area (Å²) in [6, 6.07) is 9.05. The van der Waals surface area contributed by atoms with Crippen molar-refractivity contribution in [1.29, 1.82) is 0 Å². The largest absolute Gasteiger partial charge is 0.374 e. The second kappa shape index (κ2) is 6.99. The van der Waals surface area contributed by atoms with Gasteiger partial charge in [0.1, 0.15) is 0 Å².